The molecule has 1 aliphatic rings. The van der Waals surface area contributed by atoms with Crippen LogP contribution in [-0.2, 0) is 11.8 Å². The van der Waals surface area contributed by atoms with Crippen molar-refractivity contribution in [2.24, 2.45) is 0 Å². The average Bonchev–Trinajstić information content (AvgIpc) is 2.77. The molecule has 0 unspecified atom stereocenters. The fraction of sp³-hybridized carbons (Fsp3) is 0.308. The monoisotopic (exact) mass is 308 g/mol. The maximum Gasteiger partial charge on any atom is 0.0794 e. The number of thiazole rings is 1. The number of aromatic nitrogens is 1. The van der Waals surface area contributed by atoms with E-state index >= 15 is 0 Å². The second-order valence-electron chi connectivity index (χ2n) is 4.55. The standard InChI is InChI=1S/C13H13BrN2S/c14-11-3-1-10(2-4-11)13(7-15-8-13)5-12-6-17-9-16-12/h1-4,6,9,15H,5,7-8H2. The van der Waals surface area contributed by atoms with Gasteiger partial charge < -0.3 is 5.32 Å². The molecule has 3 rings (SSSR count). The van der Waals surface area contributed by atoms with Crippen molar-refractivity contribution in [3.63, 3.8) is 0 Å². The molecule has 88 valence electrons. The van der Waals surface area contributed by atoms with Gasteiger partial charge in [-0.2, -0.15) is 0 Å². The topological polar surface area (TPSA) is 24.9 Å². The summed E-state index contributed by atoms with van der Waals surface area (Å²) in [5, 5.41) is 5.54. The summed E-state index contributed by atoms with van der Waals surface area (Å²) in [7, 11) is 0. The van der Waals surface area contributed by atoms with E-state index in [4.69, 9.17) is 0 Å². The highest BCUT2D eigenvalue weighted by molar-refractivity contribution is 9.10. The summed E-state index contributed by atoms with van der Waals surface area (Å²) in [6.07, 6.45) is 1.03. The fourth-order valence-corrected chi connectivity index (χ4v) is 3.16. The zero-order chi connectivity index (χ0) is 11.7. The first-order valence-electron chi connectivity index (χ1n) is 5.62. The second kappa shape index (κ2) is 4.52. The fourth-order valence-electron chi connectivity index (χ4n) is 2.33. The van der Waals surface area contributed by atoms with Gasteiger partial charge in [0, 0.05) is 34.8 Å². The molecule has 17 heavy (non-hydrogen) atoms. The molecule has 1 saturated heterocycles. The van der Waals surface area contributed by atoms with Crippen molar-refractivity contribution in [2.45, 2.75) is 11.8 Å². The summed E-state index contributed by atoms with van der Waals surface area (Å²) < 4.78 is 1.14. The highest BCUT2D eigenvalue weighted by atomic mass is 79.9. The molecule has 1 N–H and O–H groups in total. The molecule has 1 fully saturated rings. The van der Waals surface area contributed by atoms with Crippen LogP contribution in [-0.4, -0.2) is 18.1 Å². The third kappa shape index (κ3) is 2.17. The maximum absolute atomic E-state index is 4.41. The first kappa shape index (κ1) is 11.4. The molecule has 0 aliphatic carbocycles. The molecule has 0 amide bonds. The normalized spacial score (nSPS) is 17.7. The molecule has 2 aromatic rings. The number of hydrogen-bond acceptors (Lipinski definition) is 3. The zero-order valence-electron chi connectivity index (χ0n) is 9.32. The molecule has 2 heterocycles. The van der Waals surface area contributed by atoms with Crippen LogP contribution in [0.4, 0.5) is 0 Å². The van der Waals surface area contributed by atoms with Crippen LogP contribution in [0.5, 0.6) is 0 Å². The van der Waals surface area contributed by atoms with E-state index < -0.39 is 0 Å². The van der Waals surface area contributed by atoms with E-state index in [9.17, 15) is 0 Å². The number of nitrogens with zero attached hydrogens (tertiary/aromatic N) is 1. The average molecular weight is 309 g/mol. The molecule has 1 aliphatic heterocycles. The Balaban J connectivity index is 1.89. The van der Waals surface area contributed by atoms with E-state index in [0.717, 1.165) is 24.0 Å². The highest BCUT2D eigenvalue weighted by Gasteiger charge is 2.39. The van der Waals surface area contributed by atoms with Gasteiger partial charge in [0.25, 0.3) is 0 Å². The van der Waals surface area contributed by atoms with Gasteiger partial charge in [-0.1, -0.05) is 28.1 Å². The molecular formula is C13H13BrN2S. The van der Waals surface area contributed by atoms with Crippen LogP contribution in [0.15, 0.2) is 39.6 Å². The Kier molecular flexibility index (Phi) is 3.03. The van der Waals surface area contributed by atoms with Crippen LogP contribution < -0.4 is 5.32 Å². The highest BCUT2D eigenvalue weighted by Crippen LogP contribution is 2.33. The van der Waals surface area contributed by atoms with Crippen molar-refractivity contribution in [2.75, 3.05) is 13.1 Å². The lowest BCUT2D eigenvalue weighted by Crippen LogP contribution is -2.58. The van der Waals surface area contributed by atoms with Crippen LogP contribution in [0.2, 0.25) is 0 Å². The predicted octanol–water partition coefficient (Wildman–Crippen LogP) is 2.99. The number of nitrogens with one attached hydrogen (secondary N) is 1. The van der Waals surface area contributed by atoms with Crippen molar-refractivity contribution in [1.29, 1.82) is 0 Å². The number of rotatable bonds is 3. The SMILES string of the molecule is Brc1ccc(C2(Cc3cscn3)CNC2)cc1. The Morgan fingerprint density at radius 1 is 1.29 bits per heavy atom. The Bertz CT molecular complexity index is 489. The van der Waals surface area contributed by atoms with E-state index in [1.165, 1.54) is 11.3 Å². The summed E-state index contributed by atoms with van der Waals surface area (Å²) >= 11 is 5.16. The molecule has 4 heteroatoms. The van der Waals surface area contributed by atoms with Gasteiger partial charge in [0.2, 0.25) is 0 Å². The van der Waals surface area contributed by atoms with Gasteiger partial charge in [0.1, 0.15) is 0 Å². The van der Waals surface area contributed by atoms with Crippen LogP contribution >= 0.6 is 27.3 Å². The van der Waals surface area contributed by atoms with E-state index in [0.29, 0.717) is 0 Å². The molecule has 1 aromatic heterocycles. The Morgan fingerprint density at radius 3 is 2.59 bits per heavy atom. The first-order chi connectivity index (χ1) is 8.28. The molecule has 1 aromatic carbocycles. The lowest BCUT2D eigenvalue weighted by Gasteiger charge is -2.43. The number of hydrogen-bond donors (Lipinski definition) is 1. The van der Waals surface area contributed by atoms with Gasteiger partial charge in [-0.15, -0.1) is 11.3 Å². The second-order valence-corrected chi connectivity index (χ2v) is 6.18. The molecule has 0 bridgehead atoms. The van der Waals surface area contributed by atoms with Crippen molar-refractivity contribution in [3.05, 3.63) is 50.9 Å². The van der Waals surface area contributed by atoms with Gasteiger partial charge in [-0.25, -0.2) is 4.98 Å². The largest absolute Gasteiger partial charge is 0.315 e. The van der Waals surface area contributed by atoms with Crippen molar-refractivity contribution in [3.8, 4) is 0 Å². The third-order valence-corrected chi connectivity index (χ3v) is 4.55. The summed E-state index contributed by atoms with van der Waals surface area (Å²) in [5.41, 5.74) is 4.78. The van der Waals surface area contributed by atoms with Gasteiger partial charge >= 0.3 is 0 Å². The molecule has 0 saturated carbocycles. The molecule has 0 spiro atoms. The minimum Gasteiger partial charge on any atom is -0.315 e. The summed E-state index contributed by atoms with van der Waals surface area (Å²) in [6, 6.07) is 8.68. The summed E-state index contributed by atoms with van der Waals surface area (Å²) in [6.45, 7) is 2.10. The van der Waals surface area contributed by atoms with Crippen LogP contribution in [0.1, 0.15) is 11.3 Å². The van der Waals surface area contributed by atoms with Crippen LogP contribution in [0.25, 0.3) is 0 Å². The summed E-state index contributed by atoms with van der Waals surface area (Å²) in [4.78, 5) is 4.41. The van der Waals surface area contributed by atoms with Gasteiger partial charge in [0.05, 0.1) is 11.2 Å². The number of halogens is 1. The van der Waals surface area contributed by atoms with Crippen molar-refractivity contribution in [1.82, 2.24) is 10.3 Å². The Hall–Kier alpha value is -0.710. The van der Waals surface area contributed by atoms with E-state index in [1.807, 2.05) is 5.51 Å². The van der Waals surface area contributed by atoms with Gasteiger partial charge in [-0.3, -0.25) is 0 Å². The molecule has 0 radical (unpaired) electrons. The van der Waals surface area contributed by atoms with E-state index in [-0.39, 0.29) is 5.41 Å². The lowest BCUT2D eigenvalue weighted by molar-refractivity contribution is 0.273. The first-order valence-corrected chi connectivity index (χ1v) is 7.36. The van der Waals surface area contributed by atoms with E-state index in [2.05, 4.69) is 55.9 Å². The third-order valence-electron chi connectivity index (χ3n) is 3.39. The summed E-state index contributed by atoms with van der Waals surface area (Å²) in [5.74, 6) is 0. The Labute approximate surface area is 113 Å². The minimum atomic E-state index is 0.245. The minimum absolute atomic E-state index is 0.245. The molecule has 2 nitrogen and oxygen atoms in total. The maximum atomic E-state index is 4.41. The van der Waals surface area contributed by atoms with Crippen molar-refractivity contribution >= 4 is 27.3 Å². The quantitative estimate of drug-likeness (QED) is 0.943. The van der Waals surface area contributed by atoms with Crippen molar-refractivity contribution < 1.29 is 0 Å². The van der Waals surface area contributed by atoms with Crippen LogP contribution in [0.3, 0.4) is 0 Å². The lowest BCUT2D eigenvalue weighted by atomic mass is 9.72. The predicted molar refractivity (Wildman–Crippen MR) is 74.5 cm³/mol. The molecular weight excluding hydrogens is 296 g/mol. The zero-order valence-corrected chi connectivity index (χ0v) is 11.7. The van der Waals surface area contributed by atoms with Gasteiger partial charge in [0.15, 0.2) is 0 Å². The number of benzene rings is 1. The molecule has 0 atom stereocenters. The van der Waals surface area contributed by atoms with E-state index in [1.54, 1.807) is 11.3 Å². The Morgan fingerprint density at radius 2 is 2.06 bits per heavy atom. The smallest absolute Gasteiger partial charge is 0.0794 e. The van der Waals surface area contributed by atoms with Gasteiger partial charge in [-0.05, 0) is 17.7 Å². The van der Waals surface area contributed by atoms with Crippen LogP contribution in [0, 0.1) is 0 Å².